The lowest BCUT2D eigenvalue weighted by Crippen LogP contribution is -2.62. The molecule has 180 valence electrons. The van der Waals surface area contributed by atoms with Crippen LogP contribution in [-0.4, -0.2) is 22.3 Å². The van der Waals surface area contributed by atoms with Gasteiger partial charge in [-0.05, 0) is 110 Å². The summed E-state index contributed by atoms with van der Waals surface area (Å²) < 4.78 is 0. The number of carbonyl (C=O) groups is 1. The van der Waals surface area contributed by atoms with Gasteiger partial charge in [-0.1, -0.05) is 53.2 Å². The van der Waals surface area contributed by atoms with E-state index in [-0.39, 0.29) is 28.3 Å². The molecule has 0 spiro atoms. The number of hydrogen-bond donors (Lipinski definition) is 2. The maximum absolute atomic E-state index is 12.7. The van der Waals surface area contributed by atoms with Crippen LogP contribution in [0.1, 0.15) is 99.3 Å². The van der Waals surface area contributed by atoms with Gasteiger partial charge in [-0.2, -0.15) is 0 Å². The lowest BCUT2D eigenvalue weighted by atomic mass is 9.37. The predicted molar refractivity (Wildman–Crippen MR) is 128 cm³/mol. The highest BCUT2D eigenvalue weighted by molar-refractivity contribution is 5.76. The van der Waals surface area contributed by atoms with Crippen LogP contribution in [0.4, 0.5) is 0 Å². The summed E-state index contributed by atoms with van der Waals surface area (Å²) in [5.41, 5.74) is 1.52. The number of allylic oxidation sites excluding steroid dienone is 2. The molecule has 2 N–H and O–H groups in total. The average Bonchev–Trinajstić information content (AvgIpc) is 2.73. The van der Waals surface area contributed by atoms with E-state index in [0.29, 0.717) is 29.6 Å². The molecule has 0 bridgehead atoms. The molecule has 4 unspecified atom stereocenters. The standard InChI is InChI=1S/C29H46O3/c1-17-9-15-29(25(31)32)16-10-20-19(24(29)18(17)2)7-8-22-27(20,5)13-11-21-26(3,4)23(30)12-14-28(21,22)6/h7,17-18,20-24,30H,8-16H2,1-6H3,(H,31,32)/t17-,18+,20?,21?,22?,23-,24?,27+,28+,29+/m1/s1. The normalized spacial score (nSPS) is 54.3. The van der Waals surface area contributed by atoms with E-state index in [4.69, 9.17) is 0 Å². The van der Waals surface area contributed by atoms with Crippen LogP contribution in [0.3, 0.4) is 0 Å². The Hall–Kier alpha value is -0.830. The first-order valence-corrected chi connectivity index (χ1v) is 13.5. The molecule has 0 aromatic heterocycles. The summed E-state index contributed by atoms with van der Waals surface area (Å²) in [7, 11) is 0. The summed E-state index contributed by atoms with van der Waals surface area (Å²) in [5, 5.41) is 21.3. The Morgan fingerprint density at radius 2 is 1.56 bits per heavy atom. The summed E-state index contributed by atoms with van der Waals surface area (Å²) in [5.74, 6) is 2.49. The van der Waals surface area contributed by atoms with Gasteiger partial charge in [0, 0.05) is 0 Å². The highest BCUT2D eigenvalue weighted by Gasteiger charge is 2.66. The number of aliphatic carboxylic acids is 1. The number of carboxylic acid groups (broad SMARTS) is 1. The van der Waals surface area contributed by atoms with E-state index in [0.717, 1.165) is 44.9 Å². The summed E-state index contributed by atoms with van der Waals surface area (Å²) in [4.78, 5) is 12.7. The second-order valence-corrected chi connectivity index (χ2v) is 13.9. The van der Waals surface area contributed by atoms with Crippen molar-refractivity contribution < 1.29 is 15.0 Å². The van der Waals surface area contributed by atoms with Gasteiger partial charge < -0.3 is 10.2 Å². The highest BCUT2D eigenvalue weighted by Crippen LogP contribution is 2.72. The minimum Gasteiger partial charge on any atom is -0.481 e. The smallest absolute Gasteiger partial charge is 0.310 e. The second kappa shape index (κ2) is 7.09. The monoisotopic (exact) mass is 442 g/mol. The number of fused-ring (bicyclic) bond motifs is 7. The Morgan fingerprint density at radius 1 is 0.906 bits per heavy atom. The number of carboxylic acids is 1. The molecule has 0 saturated heterocycles. The zero-order valence-electron chi connectivity index (χ0n) is 21.3. The van der Waals surface area contributed by atoms with E-state index in [9.17, 15) is 15.0 Å². The second-order valence-electron chi connectivity index (χ2n) is 13.9. The fourth-order valence-corrected chi connectivity index (χ4v) is 10.5. The number of hydrogen-bond acceptors (Lipinski definition) is 2. The molecule has 0 aliphatic heterocycles. The van der Waals surface area contributed by atoms with E-state index >= 15 is 0 Å². The minimum atomic E-state index is -0.536. The van der Waals surface area contributed by atoms with Gasteiger partial charge in [0.1, 0.15) is 0 Å². The molecule has 3 heteroatoms. The van der Waals surface area contributed by atoms with Crippen LogP contribution in [0.25, 0.3) is 0 Å². The van der Waals surface area contributed by atoms with Crippen LogP contribution in [0.2, 0.25) is 0 Å². The summed E-state index contributed by atoms with van der Waals surface area (Å²) >= 11 is 0. The fourth-order valence-electron chi connectivity index (χ4n) is 10.5. The van der Waals surface area contributed by atoms with Crippen LogP contribution < -0.4 is 0 Å². The predicted octanol–water partition coefficient (Wildman–Crippen LogP) is 6.70. The Morgan fingerprint density at radius 3 is 2.25 bits per heavy atom. The van der Waals surface area contributed by atoms with Crippen LogP contribution in [-0.2, 0) is 4.79 Å². The first kappa shape index (κ1) is 22.9. The minimum absolute atomic E-state index is 0.0172. The van der Waals surface area contributed by atoms with Crippen molar-refractivity contribution in [3.63, 3.8) is 0 Å². The van der Waals surface area contributed by atoms with Crippen molar-refractivity contribution in [2.45, 2.75) is 105 Å². The van der Waals surface area contributed by atoms with E-state index in [1.54, 1.807) is 0 Å². The quantitative estimate of drug-likeness (QED) is 0.444. The molecule has 0 radical (unpaired) electrons. The van der Waals surface area contributed by atoms with Crippen molar-refractivity contribution in [3.8, 4) is 0 Å². The first-order valence-electron chi connectivity index (χ1n) is 13.5. The molecule has 5 aliphatic rings. The van der Waals surface area contributed by atoms with Crippen molar-refractivity contribution in [3.05, 3.63) is 11.6 Å². The molecule has 0 amide bonds. The van der Waals surface area contributed by atoms with Gasteiger partial charge in [0.2, 0.25) is 0 Å². The fraction of sp³-hybridized carbons (Fsp3) is 0.897. The molecule has 5 rings (SSSR count). The number of rotatable bonds is 1. The molecule has 0 aromatic carbocycles. The lowest BCUT2D eigenvalue weighted by molar-refractivity contribution is -0.189. The molecule has 4 saturated carbocycles. The third-order valence-electron chi connectivity index (χ3n) is 12.6. The molecule has 10 atom stereocenters. The molecular weight excluding hydrogens is 396 g/mol. The molecular formula is C29H46O3. The lowest BCUT2D eigenvalue weighted by Gasteiger charge is -2.68. The molecule has 0 aromatic rings. The summed E-state index contributed by atoms with van der Waals surface area (Å²) in [6.45, 7) is 14.4. The van der Waals surface area contributed by atoms with Gasteiger partial charge >= 0.3 is 5.97 Å². The Bertz CT molecular complexity index is 828. The van der Waals surface area contributed by atoms with Crippen molar-refractivity contribution >= 4 is 5.97 Å². The van der Waals surface area contributed by atoms with Gasteiger partial charge in [0.15, 0.2) is 0 Å². The van der Waals surface area contributed by atoms with Gasteiger partial charge in [0.05, 0.1) is 11.5 Å². The topological polar surface area (TPSA) is 57.5 Å². The third-order valence-corrected chi connectivity index (χ3v) is 12.6. The van der Waals surface area contributed by atoms with E-state index in [2.05, 4.69) is 47.6 Å². The van der Waals surface area contributed by atoms with Crippen molar-refractivity contribution in [2.24, 2.45) is 57.2 Å². The number of aliphatic hydroxyl groups excluding tert-OH is 1. The Balaban J connectivity index is 1.56. The van der Waals surface area contributed by atoms with E-state index in [1.165, 1.54) is 18.4 Å². The summed E-state index contributed by atoms with van der Waals surface area (Å²) in [6.07, 6.45) is 11.8. The van der Waals surface area contributed by atoms with E-state index in [1.807, 2.05) is 0 Å². The van der Waals surface area contributed by atoms with Crippen molar-refractivity contribution in [1.29, 1.82) is 0 Å². The van der Waals surface area contributed by atoms with E-state index < -0.39 is 11.4 Å². The zero-order chi connectivity index (χ0) is 23.3. The largest absolute Gasteiger partial charge is 0.481 e. The zero-order valence-corrected chi connectivity index (χ0v) is 21.3. The molecule has 32 heavy (non-hydrogen) atoms. The van der Waals surface area contributed by atoms with Crippen LogP contribution in [0.15, 0.2) is 11.6 Å². The van der Waals surface area contributed by atoms with Gasteiger partial charge in [-0.15, -0.1) is 0 Å². The SMILES string of the molecule is C[C@@H]1CC[C@]2(C(=O)O)CCC3C(=CCC4[C@@]3(C)CCC3C(C)(C)[C@H](O)CC[C@@]34C)C2[C@H]1C. The van der Waals surface area contributed by atoms with Crippen molar-refractivity contribution in [2.75, 3.05) is 0 Å². The van der Waals surface area contributed by atoms with Crippen LogP contribution >= 0.6 is 0 Å². The van der Waals surface area contributed by atoms with Gasteiger partial charge in [-0.25, -0.2) is 0 Å². The highest BCUT2D eigenvalue weighted by atomic mass is 16.4. The van der Waals surface area contributed by atoms with Gasteiger partial charge in [-0.3, -0.25) is 4.79 Å². The number of aliphatic hydroxyl groups is 1. The molecule has 0 heterocycles. The van der Waals surface area contributed by atoms with Crippen LogP contribution in [0.5, 0.6) is 0 Å². The maximum atomic E-state index is 12.7. The Kier molecular flexibility index (Phi) is 5.08. The average molecular weight is 443 g/mol. The maximum Gasteiger partial charge on any atom is 0.310 e. The molecule has 4 fully saturated rings. The van der Waals surface area contributed by atoms with Gasteiger partial charge in [0.25, 0.3) is 0 Å². The molecule has 5 aliphatic carbocycles. The summed E-state index contributed by atoms with van der Waals surface area (Å²) in [6, 6.07) is 0. The van der Waals surface area contributed by atoms with Crippen molar-refractivity contribution in [1.82, 2.24) is 0 Å². The van der Waals surface area contributed by atoms with Crippen LogP contribution in [0, 0.1) is 57.2 Å². The molecule has 3 nitrogen and oxygen atoms in total. The first-order chi connectivity index (χ1) is 14.9. The Labute approximate surface area is 195 Å². The third kappa shape index (κ3) is 2.72.